The fraction of sp³-hybridized carbons (Fsp3) is 0.500. The van der Waals surface area contributed by atoms with Crippen molar-refractivity contribution in [1.29, 1.82) is 0 Å². The normalized spacial score (nSPS) is 17.8. The SMILES string of the molecule is CC(C)N=c1ccccn1C(=O)CCN1C(=O)NC(C)(C)C1=O. The quantitative estimate of drug-likeness (QED) is 0.846. The third-order valence-electron chi connectivity index (χ3n) is 3.49. The molecule has 0 aromatic carbocycles. The maximum atomic E-state index is 12.4. The van der Waals surface area contributed by atoms with E-state index in [9.17, 15) is 14.4 Å². The Labute approximate surface area is 135 Å². The molecule has 1 aliphatic rings. The molecular formula is C16H22N4O3. The second-order valence-electron chi connectivity index (χ2n) is 6.31. The number of nitrogens with one attached hydrogen (secondary N) is 1. The topological polar surface area (TPSA) is 83.8 Å². The first-order chi connectivity index (χ1) is 10.7. The maximum Gasteiger partial charge on any atom is 0.325 e. The molecule has 23 heavy (non-hydrogen) atoms. The van der Waals surface area contributed by atoms with Crippen molar-refractivity contribution in [3.63, 3.8) is 0 Å². The lowest BCUT2D eigenvalue weighted by molar-refractivity contribution is -0.130. The van der Waals surface area contributed by atoms with Crippen LogP contribution in [0.4, 0.5) is 4.79 Å². The lowest BCUT2D eigenvalue weighted by Gasteiger charge is -2.16. The van der Waals surface area contributed by atoms with Gasteiger partial charge in [0.05, 0.1) is 0 Å². The fourth-order valence-electron chi connectivity index (χ4n) is 2.36. The molecule has 1 aromatic rings. The predicted molar refractivity (Wildman–Crippen MR) is 84.7 cm³/mol. The molecule has 0 unspecified atom stereocenters. The highest BCUT2D eigenvalue weighted by Crippen LogP contribution is 2.16. The Hall–Kier alpha value is -2.44. The minimum absolute atomic E-state index is 0.0462. The summed E-state index contributed by atoms with van der Waals surface area (Å²) in [5.41, 5.74) is -0.358. The van der Waals surface area contributed by atoms with Crippen molar-refractivity contribution < 1.29 is 14.4 Å². The van der Waals surface area contributed by atoms with E-state index in [1.54, 1.807) is 32.2 Å². The Balaban J connectivity index is 2.13. The van der Waals surface area contributed by atoms with Crippen LogP contribution in [0.5, 0.6) is 0 Å². The van der Waals surface area contributed by atoms with Crippen LogP contribution >= 0.6 is 0 Å². The number of carbonyl (C=O) groups is 3. The number of carbonyl (C=O) groups excluding carboxylic acids is 3. The second-order valence-corrected chi connectivity index (χ2v) is 6.31. The van der Waals surface area contributed by atoms with Gasteiger partial charge in [-0.2, -0.15) is 0 Å². The zero-order valence-corrected chi connectivity index (χ0v) is 13.9. The molecule has 2 rings (SSSR count). The summed E-state index contributed by atoms with van der Waals surface area (Å²) >= 11 is 0. The number of aromatic nitrogens is 1. The van der Waals surface area contributed by atoms with Crippen molar-refractivity contribution in [3.05, 3.63) is 29.9 Å². The zero-order valence-electron chi connectivity index (χ0n) is 13.9. The van der Waals surface area contributed by atoms with E-state index in [1.165, 1.54) is 4.57 Å². The number of imide groups is 1. The van der Waals surface area contributed by atoms with Crippen LogP contribution in [-0.2, 0) is 4.79 Å². The smallest absolute Gasteiger partial charge is 0.324 e. The monoisotopic (exact) mass is 318 g/mol. The van der Waals surface area contributed by atoms with Crippen LogP contribution in [0.2, 0.25) is 0 Å². The van der Waals surface area contributed by atoms with Crippen LogP contribution in [0.1, 0.15) is 38.9 Å². The summed E-state index contributed by atoms with van der Waals surface area (Å²) in [6.07, 6.45) is 1.68. The molecule has 0 bridgehead atoms. The van der Waals surface area contributed by atoms with Crippen molar-refractivity contribution in [2.24, 2.45) is 4.99 Å². The van der Waals surface area contributed by atoms with Crippen LogP contribution in [0, 0.1) is 0 Å². The van der Waals surface area contributed by atoms with Crippen LogP contribution in [0.15, 0.2) is 29.4 Å². The van der Waals surface area contributed by atoms with Crippen molar-refractivity contribution in [1.82, 2.24) is 14.8 Å². The summed E-state index contributed by atoms with van der Waals surface area (Å²) in [5, 5.41) is 2.59. The number of rotatable bonds is 4. The third kappa shape index (κ3) is 3.67. The molecule has 0 atom stereocenters. The van der Waals surface area contributed by atoms with Gasteiger partial charge in [-0.15, -0.1) is 0 Å². The Kier molecular flexibility index (Phi) is 4.68. The molecule has 7 heteroatoms. The van der Waals surface area contributed by atoms with Gasteiger partial charge in [0.15, 0.2) is 0 Å². The van der Waals surface area contributed by atoms with E-state index in [1.807, 2.05) is 19.9 Å². The molecule has 1 aromatic heterocycles. The largest absolute Gasteiger partial charge is 0.325 e. The minimum Gasteiger partial charge on any atom is -0.324 e. The molecule has 1 N–H and O–H groups in total. The standard InChI is InChI=1S/C16H22N4O3/c1-11(2)17-12-7-5-6-9-19(12)13(21)8-10-20-14(22)16(3,4)18-15(20)23/h5-7,9,11H,8,10H2,1-4H3,(H,18,23). The van der Waals surface area contributed by atoms with Gasteiger partial charge in [0, 0.05) is 25.2 Å². The van der Waals surface area contributed by atoms with Crippen LogP contribution in [0.3, 0.4) is 0 Å². The molecule has 1 fully saturated rings. The summed E-state index contributed by atoms with van der Waals surface area (Å²) in [7, 11) is 0. The first kappa shape index (κ1) is 16.9. The van der Waals surface area contributed by atoms with Gasteiger partial charge in [-0.05, 0) is 39.8 Å². The zero-order chi connectivity index (χ0) is 17.2. The lowest BCUT2D eigenvalue weighted by Crippen LogP contribution is -2.40. The number of hydrogen-bond acceptors (Lipinski definition) is 4. The molecule has 7 nitrogen and oxygen atoms in total. The van der Waals surface area contributed by atoms with Crippen LogP contribution in [0.25, 0.3) is 0 Å². The number of amides is 3. The highest BCUT2D eigenvalue weighted by Gasteiger charge is 2.44. The first-order valence-corrected chi connectivity index (χ1v) is 7.61. The summed E-state index contributed by atoms with van der Waals surface area (Å²) in [6.45, 7) is 7.19. The van der Waals surface area contributed by atoms with E-state index in [2.05, 4.69) is 10.3 Å². The maximum absolute atomic E-state index is 12.4. The van der Waals surface area contributed by atoms with Gasteiger partial charge in [-0.1, -0.05) is 6.07 Å². The molecule has 1 aliphatic heterocycles. The van der Waals surface area contributed by atoms with Crippen molar-refractivity contribution in [3.8, 4) is 0 Å². The van der Waals surface area contributed by atoms with Gasteiger partial charge < -0.3 is 5.32 Å². The summed E-state index contributed by atoms with van der Waals surface area (Å²) in [6, 6.07) is 4.91. The molecule has 3 amide bonds. The second kappa shape index (κ2) is 6.36. The first-order valence-electron chi connectivity index (χ1n) is 7.61. The fourth-order valence-corrected chi connectivity index (χ4v) is 2.36. The Morgan fingerprint density at radius 1 is 1.30 bits per heavy atom. The van der Waals surface area contributed by atoms with Gasteiger partial charge in [0.2, 0.25) is 5.91 Å². The van der Waals surface area contributed by atoms with Gasteiger partial charge in [0.1, 0.15) is 11.0 Å². The summed E-state index contributed by atoms with van der Waals surface area (Å²) in [4.78, 5) is 41.8. The molecule has 2 heterocycles. The van der Waals surface area contributed by atoms with Gasteiger partial charge in [-0.3, -0.25) is 24.0 Å². The Morgan fingerprint density at radius 2 is 2.00 bits per heavy atom. The molecule has 0 saturated carbocycles. The van der Waals surface area contributed by atoms with Crippen molar-refractivity contribution in [2.45, 2.75) is 45.7 Å². The van der Waals surface area contributed by atoms with Gasteiger partial charge >= 0.3 is 6.03 Å². The van der Waals surface area contributed by atoms with E-state index in [0.717, 1.165) is 4.90 Å². The highest BCUT2D eigenvalue weighted by molar-refractivity contribution is 6.06. The van der Waals surface area contributed by atoms with Crippen molar-refractivity contribution >= 4 is 17.8 Å². The number of nitrogens with zero attached hydrogens (tertiary/aromatic N) is 3. The van der Waals surface area contributed by atoms with Crippen molar-refractivity contribution in [2.75, 3.05) is 6.54 Å². The summed E-state index contributed by atoms with van der Waals surface area (Å²) < 4.78 is 1.45. The number of urea groups is 1. The molecule has 0 radical (unpaired) electrons. The average Bonchev–Trinajstić information content (AvgIpc) is 2.65. The van der Waals surface area contributed by atoms with E-state index in [-0.39, 0.29) is 30.8 Å². The molecule has 0 spiro atoms. The number of hydrogen-bond donors (Lipinski definition) is 1. The van der Waals surface area contributed by atoms with Crippen LogP contribution < -0.4 is 10.8 Å². The van der Waals surface area contributed by atoms with E-state index in [0.29, 0.717) is 5.49 Å². The van der Waals surface area contributed by atoms with Gasteiger partial charge in [-0.25, -0.2) is 4.79 Å². The highest BCUT2D eigenvalue weighted by atomic mass is 16.2. The van der Waals surface area contributed by atoms with E-state index in [4.69, 9.17) is 0 Å². The number of pyridine rings is 1. The molecule has 1 saturated heterocycles. The minimum atomic E-state index is -0.918. The van der Waals surface area contributed by atoms with Gasteiger partial charge in [0.25, 0.3) is 5.91 Å². The third-order valence-corrected chi connectivity index (χ3v) is 3.49. The molecular weight excluding hydrogens is 296 g/mol. The molecule has 124 valence electrons. The van der Waals surface area contributed by atoms with Crippen LogP contribution in [-0.4, -0.2) is 45.4 Å². The Morgan fingerprint density at radius 3 is 2.57 bits per heavy atom. The lowest BCUT2D eigenvalue weighted by atomic mass is 10.1. The summed E-state index contributed by atoms with van der Waals surface area (Å²) in [5.74, 6) is -0.532. The average molecular weight is 318 g/mol. The predicted octanol–water partition coefficient (Wildman–Crippen LogP) is 1.16. The van der Waals surface area contributed by atoms with E-state index >= 15 is 0 Å². The van der Waals surface area contributed by atoms with E-state index < -0.39 is 11.6 Å². The Bertz CT molecular complexity index is 703. The molecule has 0 aliphatic carbocycles.